The average Bonchev–Trinajstić information content (AvgIpc) is 2.57. The fraction of sp³-hybridized carbons (Fsp3) is 0.682. The number of rotatable bonds is 6. The fourth-order valence-corrected chi connectivity index (χ4v) is 6.11. The highest BCUT2D eigenvalue weighted by molar-refractivity contribution is 5.93. The van der Waals surface area contributed by atoms with E-state index in [0.717, 1.165) is 58.3 Å². The molecule has 1 aromatic carbocycles. The maximum absolute atomic E-state index is 13.5. The second-order valence-electron chi connectivity index (χ2n) is 8.98. The lowest BCUT2D eigenvalue weighted by atomic mass is 9.56. The topological polar surface area (TPSA) is 23.6 Å². The van der Waals surface area contributed by atoms with E-state index < -0.39 is 0 Å². The minimum absolute atomic E-state index is 0.0521. The third-order valence-corrected chi connectivity index (χ3v) is 7.14. The van der Waals surface area contributed by atoms with Crippen molar-refractivity contribution in [3.63, 3.8) is 0 Å². The molecule has 0 spiro atoms. The van der Waals surface area contributed by atoms with Gasteiger partial charge >= 0.3 is 0 Å². The first-order valence-corrected chi connectivity index (χ1v) is 10.1. The van der Waals surface area contributed by atoms with Gasteiger partial charge in [-0.1, -0.05) is 57.0 Å². The van der Waals surface area contributed by atoms with E-state index in [-0.39, 0.29) is 16.5 Å². The van der Waals surface area contributed by atoms with Crippen LogP contribution in [0.5, 0.6) is 0 Å². The van der Waals surface area contributed by atoms with Crippen molar-refractivity contribution in [3.8, 4) is 0 Å². The largest absolute Gasteiger partial charge is 0.298 e. The van der Waals surface area contributed by atoms with Crippen LogP contribution in [0.4, 0.5) is 0 Å². The van der Waals surface area contributed by atoms with Gasteiger partial charge in [0, 0.05) is 32.6 Å². The Labute approximate surface area is 152 Å². The molecule has 4 heterocycles. The number of piperidine rings is 2. The second kappa shape index (κ2) is 5.92. The smallest absolute Gasteiger partial charge is 0.150 e. The summed E-state index contributed by atoms with van der Waals surface area (Å²) in [6, 6.07) is 10.9. The van der Waals surface area contributed by atoms with Crippen LogP contribution in [-0.2, 0) is 11.2 Å². The van der Waals surface area contributed by atoms with E-state index in [4.69, 9.17) is 0 Å². The minimum Gasteiger partial charge on any atom is -0.298 e. The number of hydrogen-bond donors (Lipinski definition) is 0. The van der Waals surface area contributed by atoms with Gasteiger partial charge in [0.25, 0.3) is 0 Å². The molecule has 0 aromatic heterocycles. The van der Waals surface area contributed by atoms with Gasteiger partial charge in [-0.15, -0.1) is 0 Å². The molecule has 4 fully saturated rings. The molecule has 1 aromatic rings. The molecule has 4 bridgehead atoms. The van der Waals surface area contributed by atoms with E-state index in [0.29, 0.717) is 5.78 Å². The Kier molecular flexibility index (Phi) is 4.08. The van der Waals surface area contributed by atoms with Crippen molar-refractivity contribution in [3.05, 3.63) is 35.9 Å². The fourth-order valence-electron chi connectivity index (χ4n) is 6.11. The number of hydrogen-bond acceptors (Lipinski definition) is 3. The van der Waals surface area contributed by atoms with Gasteiger partial charge in [-0.25, -0.2) is 0 Å². The Hall–Kier alpha value is -1.19. The van der Waals surface area contributed by atoms with Gasteiger partial charge in [0.05, 0.1) is 16.5 Å². The Morgan fingerprint density at radius 3 is 1.80 bits per heavy atom. The number of carbonyl (C=O) groups excluding carboxylic acids is 1. The van der Waals surface area contributed by atoms with Crippen LogP contribution in [0, 0.1) is 10.8 Å². The molecule has 136 valence electrons. The molecular formula is C22H32N2O. The van der Waals surface area contributed by atoms with Crippen molar-refractivity contribution in [1.82, 2.24) is 9.80 Å². The van der Waals surface area contributed by atoms with Crippen LogP contribution < -0.4 is 0 Å². The summed E-state index contributed by atoms with van der Waals surface area (Å²) >= 11 is 0. The number of Topliss-reactive ketones (excluding diaryl/α,β-unsaturated/α-hetero) is 1. The number of carbonyl (C=O) groups is 1. The van der Waals surface area contributed by atoms with E-state index in [9.17, 15) is 4.79 Å². The van der Waals surface area contributed by atoms with Crippen LogP contribution in [0.3, 0.4) is 0 Å². The average molecular weight is 341 g/mol. The van der Waals surface area contributed by atoms with E-state index >= 15 is 0 Å². The summed E-state index contributed by atoms with van der Waals surface area (Å²) < 4.78 is 0. The molecule has 4 aliphatic heterocycles. The predicted octanol–water partition coefficient (Wildman–Crippen LogP) is 3.73. The van der Waals surface area contributed by atoms with Crippen molar-refractivity contribution in [2.24, 2.45) is 10.8 Å². The first-order valence-electron chi connectivity index (χ1n) is 10.1. The van der Waals surface area contributed by atoms with Gasteiger partial charge < -0.3 is 0 Å². The van der Waals surface area contributed by atoms with Gasteiger partial charge in [0.15, 0.2) is 0 Å². The standard InChI is InChI=1S/C22H32N2O/c1-4-11-21-14-23-16-22(12-5-2,19(21)25)17-24(15-21)20(23,3)13-18-9-7-6-8-10-18/h6-10H,4-5,11-17H2,1-3H3. The molecule has 3 heteroatoms. The van der Waals surface area contributed by atoms with Crippen LogP contribution in [0.2, 0.25) is 0 Å². The monoisotopic (exact) mass is 340 g/mol. The first-order chi connectivity index (χ1) is 12.0. The number of nitrogens with zero attached hydrogens (tertiary/aromatic N) is 2. The summed E-state index contributed by atoms with van der Waals surface area (Å²) in [6.45, 7) is 10.7. The summed E-state index contributed by atoms with van der Waals surface area (Å²) in [7, 11) is 0. The van der Waals surface area contributed by atoms with Gasteiger partial charge in [0.2, 0.25) is 0 Å². The molecule has 0 amide bonds. The van der Waals surface area contributed by atoms with Crippen LogP contribution in [-0.4, -0.2) is 47.4 Å². The van der Waals surface area contributed by atoms with Crippen molar-refractivity contribution in [2.75, 3.05) is 26.2 Å². The van der Waals surface area contributed by atoms with Crippen molar-refractivity contribution in [2.45, 2.75) is 58.5 Å². The highest BCUT2D eigenvalue weighted by atomic mass is 16.1. The third kappa shape index (κ3) is 2.43. The minimum atomic E-state index is -0.114. The molecule has 4 aliphatic rings. The van der Waals surface area contributed by atoms with Crippen molar-refractivity contribution < 1.29 is 4.79 Å². The summed E-state index contributed by atoms with van der Waals surface area (Å²) in [4.78, 5) is 18.8. The zero-order chi connectivity index (χ0) is 17.7. The van der Waals surface area contributed by atoms with Gasteiger partial charge in [-0.3, -0.25) is 14.6 Å². The van der Waals surface area contributed by atoms with Gasteiger partial charge in [-0.2, -0.15) is 0 Å². The SMILES string of the molecule is CCCC12CN3CC(CCC)(CN(C1)C3(C)Cc1ccccc1)C2=O. The van der Waals surface area contributed by atoms with Gasteiger partial charge in [-0.05, 0) is 25.3 Å². The zero-order valence-corrected chi connectivity index (χ0v) is 16.1. The normalized spacial score (nSPS) is 42.1. The highest BCUT2D eigenvalue weighted by Crippen LogP contribution is 2.55. The molecule has 0 saturated carbocycles. The predicted molar refractivity (Wildman–Crippen MR) is 101 cm³/mol. The summed E-state index contributed by atoms with van der Waals surface area (Å²) in [5, 5.41) is 0. The maximum Gasteiger partial charge on any atom is 0.150 e. The summed E-state index contributed by atoms with van der Waals surface area (Å²) in [5.74, 6) is 0.595. The molecule has 4 saturated heterocycles. The van der Waals surface area contributed by atoms with E-state index in [2.05, 4.69) is 60.9 Å². The molecular weight excluding hydrogens is 308 g/mol. The first kappa shape index (κ1) is 17.2. The highest BCUT2D eigenvalue weighted by Gasteiger charge is 2.67. The van der Waals surface area contributed by atoms with Crippen LogP contribution in [0.1, 0.15) is 52.0 Å². The molecule has 3 nitrogen and oxygen atoms in total. The second-order valence-corrected chi connectivity index (χ2v) is 8.98. The molecule has 0 aliphatic carbocycles. The molecule has 0 atom stereocenters. The Morgan fingerprint density at radius 2 is 1.36 bits per heavy atom. The summed E-state index contributed by atoms with van der Waals surface area (Å²) in [6.07, 6.45) is 5.35. The Bertz CT molecular complexity index is 609. The molecule has 0 unspecified atom stereocenters. The lowest BCUT2D eigenvalue weighted by Gasteiger charge is -2.70. The zero-order valence-electron chi connectivity index (χ0n) is 16.1. The van der Waals surface area contributed by atoms with Crippen molar-refractivity contribution in [1.29, 1.82) is 0 Å². The molecule has 0 N–H and O–H groups in total. The van der Waals surface area contributed by atoms with Gasteiger partial charge in [0.1, 0.15) is 5.78 Å². The lowest BCUT2D eigenvalue weighted by molar-refractivity contribution is -0.232. The molecule has 25 heavy (non-hydrogen) atoms. The van der Waals surface area contributed by atoms with Crippen molar-refractivity contribution >= 4 is 5.78 Å². The maximum atomic E-state index is 13.5. The molecule has 0 radical (unpaired) electrons. The molecule has 5 rings (SSSR count). The number of benzene rings is 1. The van der Waals surface area contributed by atoms with Crippen LogP contribution in [0.25, 0.3) is 0 Å². The third-order valence-electron chi connectivity index (χ3n) is 7.14. The van der Waals surface area contributed by atoms with Crippen LogP contribution >= 0.6 is 0 Å². The van der Waals surface area contributed by atoms with Crippen LogP contribution in [0.15, 0.2) is 30.3 Å². The number of ketones is 1. The lowest BCUT2D eigenvalue weighted by Crippen LogP contribution is -2.83. The Morgan fingerprint density at radius 1 is 0.880 bits per heavy atom. The quantitative estimate of drug-likeness (QED) is 0.788. The summed E-state index contributed by atoms with van der Waals surface area (Å²) in [5.41, 5.74) is 1.22. The van der Waals surface area contributed by atoms with E-state index in [1.54, 1.807) is 0 Å². The van der Waals surface area contributed by atoms with E-state index in [1.807, 2.05) is 0 Å². The Balaban J connectivity index is 1.70. The van der Waals surface area contributed by atoms with E-state index in [1.165, 1.54) is 5.56 Å².